The lowest BCUT2D eigenvalue weighted by Crippen LogP contribution is -2.13. The zero-order valence-electron chi connectivity index (χ0n) is 6.80. The molecule has 0 aromatic heterocycles. The number of hydrogen-bond donors (Lipinski definition) is 1. The Morgan fingerprint density at radius 3 is 2.67 bits per heavy atom. The maximum absolute atomic E-state index is 13.0. The van der Waals surface area contributed by atoms with Crippen LogP contribution in [0.3, 0.4) is 0 Å². The third kappa shape index (κ3) is 1.61. The molecule has 2 N–H and O–H groups in total. The molecule has 0 saturated carbocycles. The largest absolute Gasteiger partial charge is 0.366 e. The summed E-state index contributed by atoms with van der Waals surface area (Å²) < 4.78 is 13.0. The number of carbonyl (C=O) groups excluding carboxylic acids is 1. The van der Waals surface area contributed by atoms with Crippen molar-refractivity contribution in [2.75, 3.05) is 0 Å². The molecule has 3 heteroatoms. The first-order valence-corrected chi connectivity index (χ1v) is 3.73. The highest BCUT2D eigenvalue weighted by Crippen LogP contribution is 2.09. The minimum absolute atomic E-state index is 0.0489. The van der Waals surface area contributed by atoms with Gasteiger partial charge in [-0.1, -0.05) is 13.0 Å². The second kappa shape index (κ2) is 3.34. The van der Waals surface area contributed by atoms with E-state index in [-0.39, 0.29) is 5.56 Å². The number of amides is 1. The van der Waals surface area contributed by atoms with Crippen LogP contribution in [0.4, 0.5) is 4.39 Å². The molecule has 0 fully saturated rings. The molecule has 0 aliphatic carbocycles. The van der Waals surface area contributed by atoms with Gasteiger partial charge in [0, 0.05) is 0 Å². The number of rotatable bonds is 2. The van der Waals surface area contributed by atoms with Crippen molar-refractivity contribution in [2.24, 2.45) is 5.73 Å². The molecule has 0 unspecified atom stereocenters. The van der Waals surface area contributed by atoms with Crippen molar-refractivity contribution < 1.29 is 9.18 Å². The molecular weight excluding hydrogens is 157 g/mol. The molecule has 1 amide bonds. The normalized spacial score (nSPS) is 9.83. The van der Waals surface area contributed by atoms with E-state index < -0.39 is 11.7 Å². The summed E-state index contributed by atoms with van der Waals surface area (Å²) in [6, 6.07) is 4.44. The van der Waals surface area contributed by atoms with E-state index in [2.05, 4.69) is 0 Å². The van der Waals surface area contributed by atoms with E-state index in [4.69, 9.17) is 5.73 Å². The highest BCUT2D eigenvalue weighted by atomic mass is 19.1. The quantitative estimate of drug-likeness (QED) is 0.712. The molecule has 0 aliphatic heterocycles. The topological polar surface area (TPSA) is 43.1 Å². The van der Waals surface area contributed by atoms with E-state index in [1.54, 1.807) is 6.07 Å². The number of aryl methyl sites for hydroxylation is 1. The van der Waals surface area contributed by atoms with E-state index >= 15 is 0 Å². The highest BCUT2D eigenvalue weighted by molar-refractivity contribution is 5.93. The van der Waals surface area contributed by atoms with Gasteiger partial charge >= 0.3 is 0 Å². The van der Waals surface area contributed by atoms with E-state index in [1.165, 1.54) is 12.1 Å². The average Bonchev–Trinajstić information content (AvgIpc) is 2.03. The molecule has 0 saturated heterocycles. The van der Waals surface area contributed by atoms with Crippen LogP contribution in [0.25, 0.3) is 0 Å². The van der Waals surface area contributed by atoms with Crippen LogP contribution in [0.15, 0.2) is 18.2 Å². The predicted octanol–water partition coefficient (Wildman–Crippen LogP) is 1.49. The number of benzene rings is 1. The maximum Gasteiger partial charge on any atom is 0.251 e. The number of primary amides is 1. The summed E-state index contributed by atoms with van der Waals surface area (Å²) >= 11 is 0. The van der Waals surface area contributed by atoms with Gasteiger partial charge in [-0.2, -0.15) is 0 Å². The Balaban J connectivity index is 3.12. The molecule has 1 aromatic carbocycles. The molecule has 1 rings (SSSR count). The van der Waals surface area contributed by atoms with Crippen molar-refractivity contribution in [3.8, 4) is 0 Å². The van der Waals surface area contributed by atoms with Gasteiger partial charge in [0.25, 0.3) is 5.91 Å². The molecule has 0 bridgehead atoms. The van der Waals surface area contributed by atoms with E-state index in [9.17, 15) is 9.18 Å². The Morgan fingerprint density at radius 2 is 2.25 bits per heavy atom. The van der Waals surface area contributed by atoms with Gasteiger partial charge in [0.15, 0.2) is 0 Å². The molecule has 0 heterocycles. The molecule has 0 spiro atoms. The molecule has 0 atom stereocenters. The summed E-state index contributed by atoms with van der Waals surface area (Å²) in [5, 5.41) is 0. The number of carbonyl (C=O) groups is 1. The average molecular weight is 167 g/mol. The molecule has 2 nitrogen and oxygen atoms in total. The lowest BCUT2D eigenvalue weighted by Gasteiger charge is -2.00. The summed E-state index contributed by atoms with van der Waals surface area (Å²) in [4.78, 5) is 10.6. The third-order valence-corrected chi connectivity index (χ3v) is 1.71. The van der Waals surface area contributed by atoms with Gasteiger partial charge in [-0.05, 0) is 24.1 Å². The molecule has 0 aliphatic rings. The summed E-state index contributed by atoms with van der Waals surface area (Å²) in [5.74, 6) is -1.27. The van der Waals surface area contributed by atoms with Crippen molar-refractivity contribution in [2.45, 2.75) is 13.3 Å². The Hall–Kier alpha value is -1.38. The second-order valence-electron chi connectivity index (χ2n) is 2.53. The minimum atomic E-state index is -0.727. The van der Waals surface area contributed by atoms with Gasteiger partial charge in [0.2, 0.25) is 0 Å². The number of hydrogen-bond acceptors (Lipinski definition) is 1. The van der Waals surface area contributed by atoms with Gasteiger partial charge in [0.05, 0.1) is 5.56 Å². The lowest BCUT2D eigenvalue weighted by atomic mass is 10.1. The van der Waals surface area contributed by atoms with Crippen LogP contribution >= 0.6 is 0 Å². The van der Waals surface area contributed by atoms with Crippen molar-refractivity contribution in [3.05, 3.63) is 35.1 Å². The summed E-state index contributed by atoms with van der Waals surface area (Å²) in [6.07, 6.45) is 0.746. The Morgan fingerprint density at radius 1 is 1.58 bits per heavy atom. The first-order chi connectivity index (χ1) is 5.65. The monoisotopic (exact) mass is 167 g/mol. The standard InChI is InChI=1S/C9H10FNO/c1-2-6-3-4-7(9(11)12)8(10)5-6/h3-5H,2H2,1H3,(H2,11,12). The first kappa shape index (κ1) is 8.71. The fraction of sp³-hybridized carbons (Fsp3) is 0.222. The summed E-state index contributed by atoms with van der Waals surface area (Å²) in [7, 11) is 0. The van der Waals surface area contributed by atoms with E-state index in [1.807, 2.05) is 6.92 Å². The Bertz CT molecular complexity index is 309. The fourth-order valence-electron chi connectivity index (χ4n) is 0.978. The van der Waals surface area contributed by atoms with Crippen molar-refractivity contribution in [1.29, 1.82) is 0 Å². The van der Waals surface area contributed by atoms with Crippen molar-refractivity contribution in [3.63, 3.8) is 0 Å². The SMILES string of the molecule is CCc1ccc(C(N)=O)c(F)c1. The van der Waals surface area contributed by atoms with Gasteiger partial charge in [-0.3, -0.25) is 4.79 Å². The molecule has 64 valence electrons. The van der Waals surface area contributed by atoms with Crippen LogP contribution in [0.1, 0.15) is 22.8 Å². The zero-order chi connectivity index (χ0) is 9.14. The molecule has 0 radical (unpaired) electrons. The molecule has 12 heavy (non-hydrogen) atoms. The van der Waals surface area contributed by atoms with E-state index in [0.29, 0.717) is 0 Å². The van der Waals surface area contributed by atoms with Crippen molar-refractivity contribution >= 4 is 5.91 Å². The first-order valence-electron chi connectivity index (χ1n) is 3.73. The van der Waals surface area contributed by atoms with Crippen LogP contribution in [0, 0.1) is 5.82 Å². The molecule has 1 aromatic rings. The molecular formula is C9H10FNO. The Kier molecular flexibility index (Phi) is 2.43. The predicted molar refractivity (Wildman–Crippen MR) is 44.3 cm³/mol. The van der Waals surface area contributed by atoms with Gasteiger partial charge < -0.3 is 5.73 Å². The Labute approximate surface area is 70.2 Å². The van der Waals surface area contributed by atoms with Crippen LogP contribution < -0.4 is 5.73 Å². The zero-order valence-corrected chi connectivity index (χ0v) is 6.80. The van der Waals surface area contributed by atoms with Gasteiger partial charge in [0.1, 0.15) is 5.82 Å². The van der Waals surface area contributed by atoms with Crippen molar-refractivity contribution in [1.82, 2.24) is 0 Å². The number of nitrogens with two attached hydrogens (primary N) is 1. The third-order valence-electron chi connectivity index (χ3n) is 1.71. The van der Waals surface area contributed by atoms with E-state index in [0.717, 1.165) is 12.0 Å². The van der Waals surface area contributed by atoms with Gasteiger partial charge in [-0.15, -0.1) is 0 Å². The number of halogens is 1. The maximum atomic E-state index is 13.0. The van der Waals surface area contributed by atoms with Crippen LogP contribution in [0.2, 0.25) is 0 Å². The minimum Gasteiger partial charge on any atom is -0.366 e. The summed E-state index contributed by atoms with van der Waals surface area (Å²) in [6.45, 7) is 1.92. The smallest absolute Gasteiger partial charge is 0.251 e. The second-order valence-corrected chi connectivity index (χ2v) is 2.53. The summed E-state index contributed by atoms with van der Waals surface area (Å²) in [5.41, 5.74) is 5.74. The van der Waals surface area contributed by atoms with Crippen LogP contribution in [0.5, 0.6) is 0 Å². The van der Waals surface area contributed by atoms with Crippen LogP contribution in [-0.2, 0) is 6.42 Å². The fourth-order valence-corrected chi connectivity index (χ4v) is 0.978. The van der Waals surface area contributed by atoms with Gasteiger partial charge in [-0.25, -0.2) is 4.39 Å². The van der Waals surface area contributed by atoms with Crippen LogP contribution in [-0.4, -0.2) is 5.91 Å². The lowest BCUT2D eigenvalue weighted by molar-refractivity contribution is 0.0996. The highest BCUT2D eigenvalue weighted by Gasteiger charge is 2.07.